The second-order valence-electron chi connectivity index (χ2n) is 4.66. The number of rotatable bonds is 5. The molecule has 0 unspecified atom stereocenters. The van der Waals surface area contributed by atoms with E-state index < -0.39 is 0 Å². The Labute approximate surface area is 151 Å². The first kappa shape index (κ1) is 16.8. The Bertz CT molecular complexity index is 866. The summed E-state index contributed by atoms with van der Waals surface area (Å²) in [6, 6.07) is 5.07. The van der Waals surface area contributed by atoms with Crippen LogP contribution in [0.4, 0.5) is 5.82 Å². The third-order valence-electron chi connectivity index (χ3n) is 2.97. The van der Waals surface area contributed by atoms with Crippen molar-refractivity contribution >= 4 is 46.7 Å². The average Bonchev–Trinajstić information content (AvgIpc) is 3.18. The highest BCUT2D eigenvalue weighted by molar-refractivity contribution is 7.99. The van der Waals surface area contributed by atoms with Crippen molar-refractivity contribution in [2.75, 3.05) is 11.1 Å². The minimum absolute atomic E-state index is 0.130. The van der Waals surface area contributed by atoms with Gasteiger partial charge in [-0.2, -0.15) is 0 Å². The second-order valence-corrected chi connectivity index (χ2v) is 6.45. The van der Waals surface area contributed by atoms with Crippen molar-refractivity contribution < 1.29 is 9.21 Å². The molecule has 10 heteroatoms. The van der Waals surface area contributed by atoms with E-state index in [9.17, 15) is 4.79 Å². The fraction of sp³-hybridized carbons (Fsp3) is 0.143. The van der Waals surface area contributed by atoms with E-state index in [1.165, 1.54) is 24.0 Å². The Morgan fingerprint density at radius 1 is 1.42 bits per heavy atom. The van der Waals surface area contributed by atoms with E-state index in [1.54, 1.807) is 30.0 Å². The number of hydrogen-bond acceptors (Lipinski definition) is 6. The van der Waals surface area contributed by atoms with Gasteiger partial charge in [-0.25, -0.2) is 4.98 Å². The maximum absolute atomic E-state index is 12.0. The SMILES string of the molecule is Cn1c(SCC(=O)Nc2ncc(Cl)cc2Cl)nnc1-c1ccco1. The molecule has 0 radical (unpaired) electrons. The highest BCUT2D eigenvalue weighted by atomic mass is 35.5. The number of thioether (sulfide) groups is 1. The zero-order valence-electron chi connectivity index (χ0n) is 12.4. The molecule has 3 aromatic heterocycles. The number of amides is 1. The lowest BCUT2D eigenvalue weighted by atomic mass is 10.4. The van der Waals surface area contributed by atoms with Crippen molar-refractivity contribution in [1.29, 1.82) is 0 Å². The zero-order chi connectivity index (χ0) is 17.1. The summed E-state index contributed by atoms with van der Waals surface area (Å²) < 4.78 is 7.05. The lowest BCUT2D eigenvalue weighted by Crippen LogP contribution is -2.15. The Hall–Kier alpha value is -2.03. The lowest BCUT2D eigenvalue weighted by Gasteiger charge is -2.06. The predicted molar refractivity (Wildman–Crippen MR) is 92.3 cm³/mol. The van der Waals surface area contributed by atoms with Crippen LogP contribution in [-0.2, 0) is 11.8 Å². The van der Waals surface area contributed by atoms with Gasteiger partial charge in [0.2, 0.25) is 5.91 Å². The third-order valence-corrected chi connectivity index (χ3v) is 4.49. The molecule has 24 heavy (non-hydrogen) atoms. The second kappa shape index (κ2) is 7.25. The van der Waals surface area contributed by atoms with Gasteiger partial charge in [0.1, 0.15) is 0 Å². The van der Waals surface area contributed by atoms with E-state index in [1.807, 2.05) is 0 Å². The van der Waals surface area contributed by atoms with Gasteiger partial charge in [0.15, 0.2) is 22.6 Å². The van der Waals surface area contributed by atoms with Crippen molar-refractivity contribution in [3.8, 4) is 11.6 Å². The number of hydrogen-bond donors (Lipinski definition) is 1. The Balaban J connectivity index is 1.62. The van der Waals surface area contributed by atoms with E-state index in [0.717, 1.165) is 0 Å². The Morgan fingerprint density at radius 2 is 2.25 bits per heavy atom. The van der Waals surface area contributed by atoms with Crippen LogP contribution in [0.2, 0.25) is 10.0 Å². The van der Waals surface area contributed by atoms with Gasteiger partial charge in [0, 0.05) is 13.2 Å². The lowest BCUT2D eigenvalue weighted by molar-refractivity contribution is -0.113. The van der Waals surface area contributed by atoms with Gasteiger partial charge in [0.05, 0.1) is 22.1 Å². The molecule has 3 heterocycles. The highest BCUT2D eigenvalue weighted by Crippen LogP contribution is 2.24. The fourth-order valence-electron chi connectivity index (χ4n) is 1.87. The highest BCUT2D eigenvalue weighted by Gasteiger charge is 2.15. The number of pyridine rings is 1. The minimum atomic E-state index is -0.265. The summed E-state index contributed by atoms with van der Waals surface area (Å²) in [5.74, 6) is 1.33. The van der Waals surface area contributed by atoms with Gasteiger partial charge in [-0.1, -0.05) is 35.0 Å². The van der Waals surface area contributed by atoms with Crippen molar-refractivity contribution in [2.24, 2.45) is 7.05 Å². The van der Waals surface area contributed by atoms with Crippen LogP contribution < -0.4 is 5.32 Å². The first-order valence-electron chi connectivity index (χ1n) is 6.71. The molecule has 0 spiro atoms. The number of aromatic nitrogens is 4. The maximum atomic E-state index is 12.0. The van der Waals surface area contributed by atoms with Gasteiger partial charge in [0.25, 0.3) is 0 Å². The average molecular weight is 384 g/mol. The topological polar surface area (TPSA) is 85.8 Å². The number of nitrogens with one attached hydrogen (secondary N) is 1. The van der Waals surface area contributed by atoms with Gasteiger partial charge < -0.3 is 14.3 Å². The van der Waals surface area contributed by atoms with E-state index >= 15 is 0 Å². The van der Waals surface area contributed by atoms with Crippen molar-refractivity contribution in [3.63, 3.8) is 0 Å². The van der Waals surface area contributed by atoms with Crippen molar-refractivity contribution in [2.45, 2.75) is 5.16 Å². The molecule has 0 saturated carbocycles. The predicted octanol–water partition coefficient (Wildman–Crippen LogP) is 3.51. The van der Waals surface area contributed by atoms with E-state index in [2.05, 4.69) is 20.5 Å². The first-order valence-corrected chi connectivity index (χ1v) is 8.45. The zero-order valence-corrected chi connectivity index (χ0v) is 14.7. The maximum Gasteiger partial charge on any atom is 0.236 e. The van der Waals surface area contributed by atoms with E-state index in [-0.39, 0.29) is 22.5 Å². The molecule has 0 aromatic carbocycles. The standard InChI is InChI=1S/C14H11Cl2N5O2S/c1-21-13(10-3-2-4-23-10)19-20-14(21)24-7-11(22)18-12-9(16)5-8(15)6-17-12/h2-6H,7H2,1H3,(H,17,18,22). The summed E-state index contributed by atoms with van der Waals surface area (Å²) in [6.45, 7) is 0. The smallest absolute Gasteiger partial charge is 0.236 e. The summed E-state index contributed by atoms with van der Waals surface area (Å²) in [7, 11) is 1.80. The molecular formula is C14H11Cl2N5O2S. The Kier molecular flexibility index (Phi) is 5.08. The molecule has 124 valence electrons. The summed E-state index contributed by atoms with van der Waals surface area (Å²) in [5, 5.41) is 12.0. The molecule has 3 aromatic rings. The largest absolute Gasteiger partial charge is 0.461 e. The van der Waals surface area contributed by atoms with Gasteiger partial charge in [-0.15, -0.1) is 10.2 Å². The molecular weight excluding hydrogens is 373 g/mol. The normalized spacial score (nSPS) is 10.8. The molecule has 1 amide bonds. The molecule has 0 fully saturated rings. The molecule has 0 bridgehead atoms. The summed E-state index contributed by atoms with van der Waals surface area (Å²) in [6.07, 6.45) is 2.97. The van der Waals surface area contributed by atoms with Crippen LogP contribution in [0.3, 0.4) is 0 Å². The fourth-order valence-corrected chi connectivity index (χ4v) is 3.00. The van der Waals surface area contributed by atoms with Gasteiger partial charge >= 0.3 is 0 Å². The minimum Gasteiger partial charge on any atom is -0.461 e. The molecule has 7 nitrogen and oxygen atoms in total. The number of furan rings is 1. The first-order chi connectivity index (χ1) is 11.5. The van der Waals surface area contributed by atoms with Crippen LogP contribution >= 0.6 is 35.0 Å². The van der Waals surface area contributed by atoms with Crippen LogP contribution in [0.5, 0.6) is 0 Å². The van der Waals surface area contributed by atoms with E-state index in [4.69, 9.17) is 27.6 Å². The monoisotopic (exact) mass is 383 g/mol. The molecule has 0 aliphatic rings. The van der Waals surface area contributed by atoms with E-state index in [0.29, 0.717) is 21.8 Å². The van der Waals surface area contributed by atoms with Crippen molar-refractivity contribution in [1.82, 2.24) is 19.7 Å². The molecule has 0 atom stereocenters. The van der Waals surface area contributed by atoms with Gasteiger partial charge in [-0.05, 0) is 18.2 Å². The number of anilines is 1. The summed E-state index contributed by atoms with van der Waals surface area (Å²) in [5.41, 5.74) is 0. The van der Waals surface area contributed by atoms with Gasteiger partial charge in [-0.3, -0.25) is 4.79 Å². The van der Waals surface area contributed by atoms with Crippen LogP contribution in [0.1, 0.15) is 0 Å². The third kappa shape index (κ3) is 3.72. The molecule has 0 saturated heterocycles. The van der Waals surface area contributed by atoms with Crippen LogP contribution in [-0.4, -0.2) is 31.4 Å². The van der Waals surface area contributed by atoms with Crippen LogP contribution in [0.15, 0.2) is 40.2 Å². The number of carbonyl (C=O) groups is 1. The number of carbonyl (C=O) groups excluding carboxylic acids is 1. The Morgan fingerprint density at radius 3 is 2.96 bits per heavy atom. The quantitative estimate of drug-likeness (QED) is 0.678. The molecule has 3 rings (SSSR count). The summed E-state index contributed by atoms with van der Waals surface area (Å²) in [4.78, 5) is 16.0. The molecule has 0 aliphatic heterocycles. The molecule has 1 N–H and O–H groups in total. The van der Waals surface area contributed by atoms with Crippen LogP contribution in [0, 0.1) is 0 Å². The number of halogens is 2. The van der Waals surface area contributed by atoms with Crippen LogP contribution in [0.25, 0.3) is 11.6 Å². The summed E-state index contributed by atoms with van der Waals surface area (Å²) >= 11 is 13.0. The van der Waals surface area contributed by atoms with Crippen molar-refractivity contribution in [3.05, 3.63) is 40.7 Å². The number of nitrogens with zero attached hydrogens (tertiary/aromatic N) is 4. The molecule has 0 aliphatic carbocycles.